The second kappa shape index (κ2) is 11.2. The first-order valence-corrected chi connectivity index (χ1v) is 10.6. The molecule has 3 N–H and O–H groups in total. The van der Waals surface area contributed by atoms with Gasteiger partial charge >= 0.3 is 0 Å². The highest BCUT2D eigenvalue weighted by atomic mass is 16.5. The smallest absolute Gasteiger partial charge is 0.229 e. The van der Waals surface area contributed by atoms with E-state index in [1.54, 1.807) is 6.20 Å². The molecule has 1 saturated heterocycles. The zero-order valence-electron chi connectivity index (χ0n) is 17.5. The van der Waals surface area contributed by atoms with Gasteiger partial charge in [-0.2, -0.15) is 15.0 Å². The summed E-state index contributed by atoms with van der Waals surface area (Å²) >= 11 is 0. The predicted molar refractivity (Wildman–Crippen MR) is 121 cm³/mol. The highest BCUT2D eigenvalue weighted by molar-refractivity contribution is 5.43. The van der Waals surface area contributed by atoms with Crippen molar-refractivity contribution in [3.63, 3.8) is 0 Å². The fraction of sp³-hybridized carbons (Fsp3) is 0.364. The van der Waals surface area contributed by atoms with Gasteiger partial charge < -0.3 is 20.7 Å². The van der Waals surface area contributed by atoms with Gasteiger partial charge in [-0.05, 0) is 17.2 Å². The van der Waals surface area contributed by atoms with Crippen LogP contribution in [0.4, 0.5) is 17.8 Å². The van der Waals surface area contributed by atoms with E-state index in [1.165, 1.54) is 0 Å². The number of hydrogen-bond donors (Lipinski definition) is 3. The zero-order valence-corrected chi connectivity index (χ0v) is 17.5. The van der Waals surface area contributed by atoms with Crippen molar-refractivity contribution in [3.8, 4) is 0 Å². The molecular formula is C22H28N8O. The zero-order chi connectivity index (χ0) is 21.1. The first kappa shape index (κ1) is 21.0. The van der Waals surface area contributed by atoms with Crippen LogP contribution in [-0.2, 0) is 17.8 Å². The van der Waals surface area contributed by atoms with Crippen LogP contribution >= 0.6 is 0 Å². The Morgan fingerprint density at radius 2 is 1.42 bits per heavy atom. The quantitative estimate of drug-likeness (QED) is 0.456. The molecule has 0 unspecified atom stereocenters. The number of nitrogens with one attached hydrogen (secondary N) is 3. The van der Waals surface area contributed by atoms with Gasteiger partial charge in [0.05, 0.1) is 13.2 Å². The molecule has 3 aromatic rings. The van der Waals surface area contributed by atoms with Crippen molar-refractivity contribution in [3.05, 3.63) is 66.0 Å². The Morgan fingerprint density at radius 3 is 2.10 bits per heavy atom. The van der Waals surface area contributed by atoms with Crippen molar-refractivity contribution in [1.29, 1.82) is 0 Å². The van der Waals surface area contributed by atoms with Gasteiger partial charge in [0.1, 0.15) is 0 Å². The lowest BCUT2D eigenvalue weighted by Gasteiger charge is -2.26. The fourth-order valence-electron chi connectivity index (χ4n) is 3.22. The second-order valence-electron chi connectivity index (χ2n) is 7.24. The van der Waals surface area contributed by atoms with E-state index in [4.69, 9.17) is 4.74 Å². The molecule has 0 aliphatic carbocycles. The summed E-state index contributed by atoms with van der Waals surface area (Å²) in [7, 11) is 0. The molecule has 0 spiro atoms. The molecule has 0 radical (unpaired) electrons. The first-order chi connectivity index (χ1) is 15.3. The molecule has 31 heavy (non-hydrogen) atoms. The van der Waals surface area contributed by atoms with Crippen molar-refractivity contribution >= 4 is 17.8 Å². The summed E-state index contributed by atoms with van der Waals surface area (Å²) in [4.78, 5) is 20.1. The lowest BCUT2D eigenvalue weighted by molar-refractivity contribution is 0.0398. The summed E-state index contributed by atoms with van der Waals surface area (Å²) in [5, 5.41) is 9.90. The van der Waals surface area contributed by atoms with Crippen molar-refractivity contribution in [2.75, 3.05) is 55.3 Å². The summed E-state index contributed by atoms with van der Waals surface area (Å²) in [6.45, 7) is 6.40. The van der Waals surface area contributed by atoms with Gasteiger partial charge in [-0.25, -0.2) is 0 Å². The van der Waals surface area contributed by atoms with Crippen LogP contribution < -0.4 is 16.0 Å². The topological polar surface area (TPSA) is 100 Å². The summed E-state index contributed by atoms with van der Waals surface area (Å²) < 4.78 is 5.41. The van der Waals surface area contributed by atoms with E-state index in [9.17, 15) is 0 Å². The summed E-state index contributed by atoms with van der Waals surface area (Å²) in [6, 6.07) is 14.1. The molecule has 1 aromatic carbocycles. The Morgan fingerprint density at radius 1 is 0.774 bits per heavy atom. The number of benzene rings is 1. The van der Waals surface area contributed by atoms with Crippen LogP contribution in [0.1, 0.15) is 11.1 Å². The van der Waals surface area contributed by atoms with E-state index in [1.807, 2.05) is 36.5 Å². The Balaban J connectivity index is 1.40. The monoisotopic (exact) mass is 420 g/mol. The Bertz CT molecular complexity index is 858. The highest BCUT2D eigenvalue weighted by Gasteiger charge is 2.11. The molecule has 3 heterocycles. The molecule has 0 bridgehead atoms. The number of ether oxygens (including phenoxy) is 1. The predicted octanol–water partition coefficient (Wildman–Crippen LogP) is 2.23. The molecule has 0 amide bonds. The number of nitrogens with zero attached hydrogens (tertiary/aromatic N) is 5. The molecule has 1 aliphatic rings. The maximum Gasteiger partial charge on any atom is 0.229 e. The summed E-state index contributed by atoms with van der Waals surface area (Å²) in [5.41, 5.74) is 2.22. The number of morpholine rings is 1. The summed E-state index contributed by atoms with van der Waals surface area (Å²) in [6.07, 6.45) is 3.58. The SMILES string of the molecule is c1ccc(CNc2nc(NCCN3CCOCC3)nc(NCc3cccnc3)n2)cc1. The van der Waals surface area contributed by atoms with Crippen molar-refractivity contribution < 1.29 is 4.74 Å². The van der Waals surface area contributed by atoms with Gasteiger partial charge in [-0.3, -0.25) is 9.88 Å². The number of pyridine rings is 1. The Kier molecular flexibility index (Phi) is 7.56. The van der Waals surface area contributed by atoms with Crippen LogP contribution in [0.15, 0.2) is 54.9 Å². The number of anilines is 3. The van der Waals surface area contributed by atoms with Crippen LogP contribution in [-0.4, -0.2) is 64.2 Å². The van der Waals surface area contributed by atoms with Crippen molar-refractivity contribution in [2.24, 2.45) is 0 Å². The Labute approximate surface area is 182 Å². The molecular weight excluding hydrogens is 392 g/mol. The average Bonchev–Trinajstić information content (AvgIpc) is 2.83. The lowest BCUT2D eigenvalue weighted by Crippen LogP contribution is -2.39. The minimum Gasteiger partial charge on any atom is -0.379 e. The van der Waals surface area contributed by atoms with Gasteiger partial charge in [0, 0.05) is 51.7 Å². The van der Waals surface area contributed by atoms with Crippen LogP contribution in [0.2, 0.25) is 0 Å². The second-order valence-corrected chi connectivity index (χ2v) is 7.24. The average molecular weight is 421 g/mol. The molecule has 2 aromatic heterocycles. The number of aromatic nitrogens is 4. The summed E-state index contributed by atoms with van der Waals surface area (Å²) in [5.74, 6) is 1.59. The van der Waals surface area contributed by atoms with Gasteiger partial charge in [0.2, 0.25) is 17.8 Å². The van der Waals surface area contributed by atoms with E-state index in [0.29, 0.717) is 30.9 Å². The molecule has 9 heteroatoms. The normalized spacial score (nSPS) is 14.2. The maximum atomic E-state index is 5.41. The standard InChI is InChI=1S/C22H28N8O/c1-2-5-18(6-3-1)16-25-21-27-20(24-9-10-30-11-13-31-14-12-30)28-22(29-21)26-17-19-7-4-8-23-15-19/h1-8,15H,9-14,16-17H2,(H3,24,25,26,27,28,29). The van der Waals surface area contributed by atoms with E-state index in [2.05, 4.69) is 52.9 Å². The van der Waals surface area contributed by atoms with Crippen molar-refractivity contribution in [1.82, 2.24) is 24.8 Å². The third kappa shape index (κ3) is 6.87. The Hall–Kier alpha value is -3.30. The molecule has 1 fully saturated rings. The molecule has 0 saturated carbocycles. The lowest BCUT2D eigenvalue weighted by atomic mass is 10.2. The third-order valence-electron chi connectivity index (χ3n) is 4.92. The molecule has 1 aliphatic heterocycles. The fourth-order valence-corrected chi connectivity index (χ4v) is 3.22. The number of rotatable bonds is 10. The van der Waals surface area contributed by atoms with E-state index < -0.39 is 0 Å². The van der Waals surface area contributed by atoms with Gasteiger partial charge in [0.15, 0.2) is 0 Å². The largest absolute Gasteiger partial charge is 0.379 e. The van der Waals surface area contributed by atoms with Crippen LogP contribution in [0.5, 0.6) is 0 Å². The van der Waals surface area contributed by atoms with Crippen molar-refractivity contribution in [2.45, 2.75) is 13.1 Å². The first-order valence-electron chi connectivity index (χ1n) is 10.6. The van der Waals surface area contributed by atoms with Crippen LogP contribution in [0.3, 0.4) is 0 Å². The van der Waals surface area contributed by atoms with Crippen LogP contribution in [0.25, 0.3) is 0 Å². The van der Waals surface area contributed by atoms with E-state index in [0.717, 1.165) is 50.5 Å². The minimum absolute atomic E-state index is 0.517. The van der Waals surface area contributed by atoms with Gasteiger partial charge in [0.25, 0.3) is 0 Å². The molecule has 9 nitrogen and oxygen atoms in total. The van der Waals surface area contributed by atoms with E-state index >= 15 is 0 Å². The highest BCUT2D eigenvalue weighted by Crippen LogP contribution is 2.12. The molecule has 4 rings (SSSR count). The van der Waals surface area contributed by atoms with E-state index in [-0.39, 0.29) is 0 Å². The maximum absolute atomic E-state index is 5.41. The van der Waals surface area contributed by atoms with Gasteiger partial charge in [-0.15, -0.1) is 0 Å². The van der Waals surface area contributed by atoms with Gasteiger partial charge in [-0.1, -0.05) is 36.4 Å². The van der Waals surface area contributed by atoms with Crippen LogP contribution in [0, 0.1) is 0 Å². The number of hydrogen-bond acceptors (Lipinski definition) is 9. The minimum atomic E-state index is 0.517. The third-order valence-corrected chi connectivity index (χ3v) is 4.92. The molecule has 0 atom stereocenters. The molecule has 162 valence electrons.